The highest BCUT2D eigenvalue weighted by atomic mass is 32.2. The molecule has 0 aliphatic heterocycles. The molecule has 2 aromatic rings. The average Bonchev–Trinajstić information content (AvgIpc) is 3.06. The molecular formula is C18H21N3O2S. The minimum absolute atomic E-state index is 0.0369. The lowest BCUT2D eigenvalue weighted by Crippen LogP contribution is -2.37. The first kappa shape index (κ1) is 18.0. The fraction of sp³-hybridized carbons (Fsp3) is 0.333. The lowest BCUT2D eigenvalue weighted by molar-refractivity contribution is 0.248. The van der Waals surface area contributed by atoms with Crippen LogP contribution in [0.2, 0.25) is 0 Å². The largest absolute Gasteiger partial charge is 0.469 e. The molecule has 1 aromatic heterocycles. The van der Waals surface area contributed by atoms with Gasteiger partial charge in [0.25, 0.3) is 0 Å². The smallest absolute Gasteiger partial charge is 0.319 e. The van der Waals surface area contributed by atoms with Gasteiger partial charge in [0.05, 0.1) is 23.9 Å². The number of furan rings is 1. The highest BCUT2D eigenvalue weighted by Gasteiger charge is 2.12. The van der Waals surface area contributed by atoms with Crippen molar-refractivity contribution in [2.24, 2.45) is 5.92 Å². The zero-order chi connectivity index (χ0) is 17.4. The van der Waals surface area contributed by atoms with Crippen molar-refractivity contribution in [3.8, 4) is 6.07 Å². The summed E-state index contributed by atoms with van der Waals surface area (Å²) >= 11 is 1.56. The summed E-state index contributed by atoms with van der Waals surface area (Å²) in [5, 5.41) is 14.7. The summed E-state index contributed by atoms with van der Waals surface area (Å²) in [6.07, 6.45) is 2.26. The molecule has 0 aliphatic carbocycles. The predicted molar refractivity (Wildman–Crippen MR) is 96.0 cm³/mol. The normalized spacial score (nSPS) is 12.9. The molecule has 0 saturated carbocycles. The van der Waals surface area contributed by atoms with Gasteiger partial charge >= 0.3 is 6.03 Å². The molecule has 1 heterocycles. The minimum Gasteiger partial charge on any atom is -0.469 e. The van der Waals surface area contributed by atoms with Gasteiger partial charge in [-0.05, 0) is 38.1 Å². The Hall–Kier alpha value is -2.39. The van der Waals surface area contributed by atoms with Crippen molar-refractivity contribution in [1.82, 2.24) is 5.32 Å². The van der Waals surface area contributed by atoms with Crippen molar-refractivity contribution in [1.29, 1.82) is 5.26 Å². The highest BCUT2D eigenvalue weighted by molar-refractivity contribution is 7.99. The summed E-state index contributed by atoms with van der Waals surface area (Å²) in [6.45, 7) is 3.81. The van der Waals surface area contributed by atoms with E-state index >= 15 is 0 Å². The summed E-state index contributed by atoms with van der Waals surface area (Å²) in [5.41, 5.74) is 0.746. The van der Waals surface area contributed by atoms with Gasteiger partial charge in [-0.1, -0.05) is 12.1 Å². The lowest BCUT2D eigenvalue weighted by Gasteiger charge is -2.15. The van der Waals surface area contributed by atoms with E-state index in [0.717, 1.165) is 16.3 Å². The number of hydrogen-bond acceptors (Lipinski definition) is 4. The number of para-hydroxylation sites is 1. The number of amides is 2. The molecule has 0 radical (unpaired) electrons. The first-order valence-corrected chi connectivity index (χ1v) is 8.78. The first-order valence-electron chi connectivity index (χ1n) is 7.80. The monoisotopic (exact) mass is 343 g/mol. The molecule has 2 atom stereocenters. The van der Waals surface area contributed by atoms with Crippen molar-refractivity contribution in [2.45, 2.75) is 31.2 Å². The predicted octanol–water partition coefficient (Wildman–Crippen LogP) is 4.28. The number of nitriles is 1. The zero-order valence-corrected chi connectivity index (χ0v) is 14.6. The molecule has 126 valence electrons. The minimum atomic E-state index is -0.254. The molecule has 0 saturated heterocycles. The second kappa shape index (κ2) is 9.04. The summed E-state index contributed by atoms with van der Waals surface area (Å²) < 4.78 is 5.29. The SMILES string of the molecule is C[C@H](C#N)CSc1ccccc1NC(=O)N[C@@H](C)Cc1ccco1. The van der Waals surface area contributed by atoms with E-state index in [1.54, 1.807) is 18.0 Å². The third-order valence-electron chi connectivity index (χ3n) is 3.31. The number of thioether (sulfide) groups is 1. The van der Waals surface area contributed by atoms with Crippen molar-refractivity contribution in [3.63, 3.8) is 0 Å². The fourth-order valence-electron chi connectivity index (χ4n) is 2.11. The number of urea groups is 1. The Morgan fingerprint density at radius 2 is 2.08 bits per heavy atom. The maximum atomic E-state index is 12.2. The van der Waals surface area contributed by atoms with E-state index < -0.39 is 0 Å². The van der Waals surface area contributed by atoms with E-state index in [-0.39, 0.29) is 18.0 Å². The zero-order valence-electron chi connectivity index (χ0n) is 13.8. The number of rotatable bonds is 7. The van der Waals surface area contributed by atoms with Gasteiger partial charge in [-0.25, -0.2) is 4.79 Å². The number of carbonyl (C=O) groups is 1. The first-order chi connectivity index (χ1) is 11.6. The molecule has 0 unspecified atom stereocenters. The van der Waals surface area contributed by atoms with Crippen molar-refractivity contribution >= 4 is 23.5 Å². The van der Waals surface area contributed by atoms with Crippen LogP contribution in [0, 0.1) is 17.2 Å². The standard InChI is InChI=1S/C18H21N3O2S/c1-13(11-19)12-24-17-8-4-3-7-16(17)21-18(22)20-14(2)10-15-6-5-9-23-15/h3-9,13-14H,10,12H2,1-2H3,(H2,20,21,22)/t13-,14+/m1/s1. The average molecular weight is 343 g/mol. The molecule has 0 spiro atoms. The van der Waals surface area contributed by atoms with Crippen LogP contribution in [0.5, 0.6) is 0 Å². The molecule has 6 heteroatoms. The van der Waals surface area contributed by atoms with Crippen molar-refractivity contribution in [2.75, 3.05) is 11.1 Å². The molecule has 0 fully saturated rings. The van der Waals surface area contributed by atoms with Crippen LogP contribution >= 0.6 is 11.8 Å². The van der Waals surface area contributed by atoms with E-state index in [0.29, 0.717) is 12.2 Å². The van der Waals surface area contributed by atoms with Gasteiger partial charge in [-0.2, -0.15) is 5.26 Å². The quantitative estimate of drug-likeness (QED) is 0.735. The maximum Gasteiger partial charge on any atom is 0.319 e. The second-order valence-electron chi connectivity index (χ2n) is 5.62. The van der Waals surface area contributed by atoms with Crippen LogP contribution in [0.4, 0.5) is 10.5 Å². The molecular weight excluding hydrogens is 322 g/mol. The summed E-state index contributed by atoms with van der Waals surface area (Å²) in [4.78, 5) is 13.1. The second-order valence-corrected chi connectivity index (χ2v) is 6.68. The lowest BCUT2D eigenvalue weighted by atomic mass is 10.2. The van der Waals surface area contributed by atoms with E-state index in [9.17, 15) is 4.79 Å². The topological polar surface area (TPSA) is 78.1 Å². The molecule has 1 aromatic carbocycles. The van der Waals surface area contributed by atoms with Gasteiger partial charge < -0.3 is 15.1 Å². The van der Waals surface area contributed by atoms with Crippen LogP contribution in [0.25, 0.3) is 0 Å². The molecule has 5 nitrogen and oxygen atoms in total. The number of hydrogen-bond donors (Lipinski definition) is 2. The van der Waals surface area contributed by atoms with E-state index in [1.165, 1.54) is 0 Å². The highest BCUT2D eigenvalue weighted by Crippen LogP contribution is 2.28. The molecule has 0 aliphatic rings. The van der Waals surface area contributed by atoms with Gasteiger partial charge in [0.2, 0.25) is 0 Å². The van der Waals surface area contributed by atoms with Gasteiger partial charge in [0.15, 0.2) is 0 Å². The van der Waals surface area contributed by atoms with E-state index in [4.69, 9.17) is 9.68 Å². The van der Waals surface area contributed by atoms with Crippen LogP contribution in [-0.2, 0) is 6.42 Å². The number of nitrogens with zero attached hydrogens (tertiary/aromatic N) is 1. The van der Waals surface area contributed by atoms with E-state index in [2.05, 4.69) is 16.7 Å². The Morgan fingerprint density at radius 1 is 1.29 bits per heavy atom. The number of nitrogens with one attached hydrogen (secondary N) is 2. The fourth-order valence-corrected chi connectivity index (χ4v) is 3.07. The molecule has 2 amide bonds. The van der Waals surface area contributed by atoms with Crippen LogP contribution < -0.4 is 10.6 Å². The summed E-state index contributed by atoms with van der Waals surface area (Å²) in [6, 6.07) is 13.2. The van der Waals surface area contributed by atoms with Gasteiger partial charge in [0.1, 0.15) is 5.76 Å². The molecule has 2 N–H and O–H groups in total. The van der Waals surface area contributed by atoms with Gasteiger partial charge in [-0.15, -0.1) is 11.8 Å². The molecule has 0 bridgehead atoms. The van der Waals surface area contributed by atoms with E-state index in [1.807, 2.05) is 50.2 Å². The molecule has 2 rings (SSSR count). The summed E-state index contributed by atoms with van der Waals surface area (Å²) in [5.74, 6) is 1.49. The Bertz CT molecular complexity index is 695. The van der Waals surface area contributed by atoms with Crippen molar-refractivity contribution in [3.05, 3.63) is 48.4 Å². The van der Waals surface area contributed by atoms with Gasteiger partial charge in [-0.3, -0.25) is 0 Å². The maximum absolute atomic E-state index is 12.2. The van der Waals surface area contributed by atoms with Crippen LogP contribution in [0.1, 0.15) is 19.6 Å². The van der Waals surface area contributed by atoms with Crippen LogP contribution in [0.3, 0.4) is 0 Å². The number of benzene rings is 1. The third kappa shape index (κ3) is 5.67. The molecule has 24 heavy (non-hydrogen) atoms. The Morgan fingerprint density at radius 3 is 2.79 bits per heavy atom. The Balaban J connectivity index is 1.90. The van der Waals surface area contributed by atoms with Gasteiger partial charge in [0, 0.05) is 23.1 Å². The Kier molecular flexibility index (Phi) is 6.76. The third-order valence-corrected chi connectivity index (χ3v) is 4.64. The Labute approximate surface area is 146 Å². The van der Waals surface area contributed by atoms with Crippen molar-refractivity contribution < 1.29 is 9.21 Å². The summed E-state index contributed by atoms with van der Waals surface area (Å²) in [7, 11) is 0. The number of carbonyl (C=O) groups excluding carboxylic acids is 1. The number of anilines is 1. The van der Waals surface area contributed by atoms with Crippen LogP contribution in [0.15, 0.2) is 52.0 Å². The van der Waals surface area contributed by atoms with Crippen LogP contribution in [-0.4, -0.2) is 17.8 Å².